The van der Waals surface area contributed by atoms with E-state index in [2.05, 4.69) is 44.3 Å². The Morgan fingerprint density at radius 3 is 2.46 bits per heavy atom. The average molecular weight is 174 g/mol. The molecule has 0 N–H and O–H groups in total. The molecule has 0 heteroatoms. The lowest BCUT2D eigenvalue weighted by Gasteiger charge is -2.20. The highest BCUT2D eigenvalue weighted by Gasteiger charge is 2.13. The van der Waals surface area contributed by atoms with Crippen LogP contribution in [0.4, 0.5) is 0 Å². The standard InChI is InChI=1S/C11H14.C2H4/c1-9-6-7-10-4-2-3-5-11(10)8-9;1-2/h2-5,9H,6-8H2,1H3;1-2H2. The van der Waals surface area contributed by atoms with E-state index in [9.17, 15) is 0 Å². The summed E-state index contributed by atoms with van der Waals surface area (Å²) in [5, 5.41) is 0. The Kier molecular flexibility index (Phi) is 3.75. The van der Waals surface area contributed by atoms with Crippen molar-refractivity contribution in [3.05, 3.63) is 48.6 Å². The van der Waals surface area contributed by atoms with Crippen LogP contribution >= 0.6 is 0 Å². The molecule has 13 heavy (non-hydrogen) atoms. The van der Waals surface area contributed by atoms with Gasteiger partial charge in [0.1, 0.15) is 0 Å². The third-order valence-corrected chi connectivity index (χ3v) is 2.59. The van der Waals surface area contributed by atoms with Gasteiger partial charge in [-0.05, 0) is 36.3 Å². The zero-order chi connectivity index (χ0) is 9.68. The smallest absolute Gasteiger partial charge is 0.0250 e. The molecule has 0 amide bonds. The summed E-state index contributed by atoms with van der Waals surface area (Å²) in [5.74, 6) is 0.893. The average Bonchev–Trinajstić information content (AvgIpc) is 2.21. The minimum Gasteiger partial charge on any atom is -0.106 e. The fraction of sp³-hybridized carbons (Fsp3) is 0.385. The van der Waals surface area contributed by atoms with Gasteiger partial charge in [-0.25, -0.2) is 0 Å². The molecule has 2 rings (SSSR count). The molecule has 70 valence electrons. The van der Waals surface area contributed by atoms with E-state index < -0.39 is 0 Å². The molecule has 0 aromatic heterocycles. The summed E-state index contributed by atoms with van der Waals surface area (Å²) < 4.78 is 0. The summed E-state index contributed by atoms with van der Waals surface area (Å²) >= 11 is 0. The van der Waals surface area contributed by atoms with Crippen molar-refractivity contribution >= 4 is 0 Å². The Hall–Kier alpha value is -1.04. The summed E-state index contributed by atoms with van der Waals surface area (Å²) in [6.07, 6.45) is 3.95. The summed E-state index contributed by atoms with van der Waals surface area (Å²) in [4.78, 5) is 0. The second-order valence-electron chi connectivity index (χ2n) is 3.62. The van der Waals surface area contributed by atoms with E-state index in [1.54, 1.807) is 11.1 Å². The maximum Gasteiger partial charge on any atom is -0.0250 e. The van der Waals surface area contributed by atoms with E-state index in [0.717, 1.165) is 5.92 Å². The SMILES string of the molecule is C=C.CC1CCc2ccccc2C1. The molecule has 0 spiro atoms. The van der Waals surface area contributed by atoms with Gasteiger partial charge in [-0.3, -0.25) is 0 Å². The number of rotatable bonds is 0. The topological polar surface area (TPSA) is 0 Å². The summed E-state index contributed by atoms with van der Waals surface area (Å²) in [6, 6.07) is 8.83. The lowest BCUT2D eigenvalue weighted by Crippen LogP contribution is -2.10. The van der Waals surface area contributed by atoms with Crippen molar-refractivity contribution in [3.8, 4) is 0 Å². The van der Waals surface area contributed by atoms with Crippen LogP contribution in [0.15, 0.2) is 37.4 Å². The molecule has 0 saturated heterocycles. The van der Waals surface area contributed by atoms with Crippen molar-refractivity contribution < 1.29 is 0 Å². The monoisotopic (exact) mass is 174 g/mol. The molecule has 1 aromatic rings. The normalized spacial score (nSPS) is 19.6. The Morgan fingerprint density at radius 2 is 1.77 bits per heavy atom. The van der Waals surface area contributed by atoms with Crippen LogP contribution < -0.4 is 0 Å². The van der Waals surface area contributed by atoms with Crippen molar-refractivity contribution in [2.45, 2.75) is 26.2 Å². The predicted octanol–water partition coefficient (Wildman–Crippen LogP) is 3.61. The molecular formula is C13H18. The van der Waals surface area contributed by atoms with E-state index in [1.165, 1.54) is 19.3 Å². The molecule has 1 aliphatic carbocycles. The summed E-state index contributed by atoms with van der Waals surface area (Å²) in [7, 11) is 0. The zero-order valence-electron chi connectivity index (χ0n) is 8.42. The predicted molar refractivity (Wildman–Crippen MR) is 58.9 cm³/mol. The minimum absolute atomic E-state index is 0.893. The Balaban J connectivity index is 0.000000396. The molecule has 0 saturated carbocycles. The Morgan fingerprint density at radius 1 is 1.15 bits per heavy atom. The molecule has 0 heterocycles. The number of hydrogen-bond donors (Lipinski definition) is 0. The maximum atomic E-state index is 3.00. The Bertz CT molecular complexity index is 262. The highest BCUT2D eigenvalue weighted by molar-refractivity contribution is 5.29. The van der Waals surface area contributed by atoms with Crippen LogP contribution in [0.1, 0.15) is 24.5 Å². The first-order valence-corrected chi connectivity index (χ1v) is 4.93. The van der Waals surface area contributed by atoms with E-state index >= 15 is 0 Å². The molecule has 0 nitrogen and oxygen atoms in total. The van der Waals surface area contributed by atoms with Gasteiger partial charge < -0.3 is 0 Å². The molecule has 0 aliphatic heterocycles. The van der Waals surface area contributed by atoms with Gasteiger partial charge in [0.25, 0.3) is 0 Å². The van der Waals surface area contributed by atoms with Gasteiger partial charge in [-0.15, -0.1) is 13.2 Å². The van der Waals surface area contributed by atoms with Gasteiger partial charge in [-0.1, -0.05) is 31.2 Å². The van der Waals surface area contributed by atoms with E-state index in [4.69, 9.17) is 0 Å². The van der Waals surface area contributed by atoms with Crippen LogP contribution in [0.3, 0.4) is 0 Å². The molecule has 1 atom stereocenters. The van der Waals surface area contributed by atoms with Gasteiger partial charge >= 0.3 is 0 Å². The van der Waals surface area contributed by atoms with Crippen molar-refractivity contribution in [3.63, 3.8) is 0 Å². The van der Waals surface area contributed by atoms with Gasteiger partial charge in [0.2, 0.25) is 0 Å². The van der Waals surface area contributed by atoms with Gasteiger partial charge in [0.05, 0.1) is 0 Å². The van der Waals surface area contributed by atoms with E-state index in [1.807, 2.05) is 0 Å². The van der Waals surface area contributed by atoms with Crippen LogP contribution in [-0.2, 0) is 12.8 Å². The molecule has 1 aromatic carbocycles. The molecule has 0 bridgehead atoms. The summed E-state index contributed by atoms with van der Waals surface area (Å²) in [5.41, 5.74) is 3.15. The third kappa shape index (κ3) is 2.45. The van der Waals surface area contributed by atoms with Crippen molar-refractivity contribution in [2.24, 2.45) is 5.92 Å². The Labute approximate surface area is 81.3 Å². The lowest BCUT2D eigenvalue weighted by molar-refractivity contribution is 0.501. The maximum absolute atomic E-state index is 3.00. The first-order valence-electron chi connectivity index (χ1n) is 4.93. The summed E-state index contributed by atoms with van der Waals surface area (Å²) in [6.45, 7) is 8.34. The zero-order valence-corrected chi connectivity index (χ0v) is 8.42. The van der Waals surface area contributed by atoms with Crippen LogP contribution in [0.2, 0.25) is 0 Å². The minimum atomic E-state index is 0.893. The fourth-order valence-electron chi connectivity index (χ4n) is 1.88. The van der Waals surface area contributed by atoms with Crippen LogP contribution in [0.25, 0.3) is 0 Å². The quantitative estimate of drug-likeness (QED) is 0.527. The largest absolute Gasteiger partial charge is 0.106 e. The first-order chi connectivity index (χ1) is 6.36. The van der Waals surface area contributed by atoms with Crippen LogP contribution in [-0.4, -0.2) is 0 Å². The second kappa shape index (κ2) is 4.86. The molecule has 0 fully saturated rings. The lowest BCUT2D eigenvalue weighted by atomic mass is 9.85. The number of aryl methyl sites for hydroxylation is 1. The highest BCUT2D eigenvalue weighted by atomic mass is 14.2. The molecule has 1 aliphatic rings. The van der Waals surface area contributed by atoms with E-state index in [-0.39, 0.29) is 0 Å². The van der Waals surface area contributed by atoms with Gasteiger partial charge in [0, 0.05) is 0 Å². The van der Waals surface area contributed by atoms with Crippen molar-refractivity contribution in [1.82, 2.24) is 0 Å². The molecular weight excluding hydrogens is 156 g/mol. The first kappa shape index (κ1) is 10.0. The van der Waals surface area contributed by atoms with Crippen LogP contribution in [0.5, 0.6) is 0 Å². The fourth-order valence-corrected chi connectivity index (χ4v) is 1.88. The van der Waals surface area contributed by atoms with Gasteiger partial charge in [-0.2, -0.15) is 0 Å². The van der Waals surface area contributed by atoms with Gasteiger partial charge in [0.15, 0.2) is 0 Å². The third-order valence-electron chi connectivity index (χ3n) is 2.59. The second-order valence-corrected chi connectivity index (χ2v) is 3.62. The van der Waals surface area contributed by atoms with Crippen molar-refractivity contribution in [1.29, 1.82) is 0 Å². The highest BCUT2D eigenvalue weighted by Crippen LogP contribution is 2.24. The molecule has 1 unspecified atom stereocenters. The molecule has 0 radical (unpaired) electrons. The van der Waals surface area contributed by atoms with E-state index in [0.29, 0.717) is 0 Å². The number of hydrogen-bond acceptors (Lipinski definition) is 0. The number of benzene rings is 1. The van der Waals surface area contributed by atoms with Crippen LogP contribution in [0, 0.1) is 5.92 Å². The van der Waals surface area contributed by atoms with Crippen molar-refractivity contribution in [2.75, 3.05) is 0 Å². The number of fused-ring (bicyclic) bond motifs is 1.